The summed E-state index contributed by atoms with van der Waals surface area (Å²) in [5.74, 6) is -0.824. The largest absolute Gasteiger partial charge is 0.405 e. The third kappa shape index (κ3) is 3.18. The van der Waals surface area contributed by atoms with E-state index in [0.717, 1.165) is 4.90 Å². The Bertz CT molecular complexity index is 532. The molecule has 1 aromatic carbocycles. The number of rotatable bonds is 3. The zero-order valence-electron chi connectivity index (χ0n) is 9.64. The minimum Gasteiger partial charge on any atom is -0.357 e. The van der Waals surface area contributed by atoms with Crippen LogP contribution in [-0.4, -0.2) is 18.8 Å². The van der Waals surface area contributed by atoms with Crippen LogP contribution in [0.25, 0.3) is 0 Å². The van der Waals surface area contributed by atoms with Crippen LogP contribution < -0.4 is 4.90 Å². The Balaban J connectivity index is 2.38. The average molecular weight is 337 g/mol. The molecule has 0 bridgehead atoms. The third-order valence-electron chi connectivity index (χ3n) is 2.83. The molecule has 1 fully saturated rings. The van der Waals surface area contributed by atoms with Crippen molar-refractivity contribution < 1.29 is 17.6 Å². The van der Waals surface area contributed by atoms with Crippen molar-refractivity contribution in [3.63, 3.8) is 0 Å². The number of nitrogens with zero attached hydrogens (tertiary/aromatic N) is 2. The second-order valence-electron chi connectivity index (χ2n) is 4.35. The van der Waals surface area contributed by atoms with E-state index in [-0.39, 0.29) is 21.8 Å². The van der Waals surface area contributed by atoms with Crippen molar-refractivity contribution in [1.82, 2.24) is 0 Å². The molecule has 102 valence electrons. The van der Waals surface area contributed by atoms with Crippen LogP contribution in [0, 0.1) is 17.1 Å². The molecule has 2 nitrogen and oxygen atoms in total. The van der Waals surface area contributed by atoms with Crippen molar-refractivity contribution in [2.75, 3.05) is 11.4 Å². The Hall–Kier alpha value is -1.29. The molecule has 2 rings (SSSR count). The molecule has 0 aliphatic heterocycles. The smallest absolute Gasteiger partial charge is 0.357 e. The molecular formula is C12H9BrF4N2. The molecule has 1 aliphatic carbocycles. The van der Waals surface area contributed by atoms with Crippen LogP contribution in [-0.2, 0) is 0 Å². The van der Waals surface area contributed by atoms with E-state index in [2.05, 4.69) is 15.9 Å². The van der Waals surface area contributed by atoms with Crippen LogP contribution in [0.15, 0.2) is 16.6 Å². The lowest BCUT2D eigenvalue weighted by Crippen LogP contribution is -2.36. The Morgan fingerprint density at radius 3 is 2.47 bits per heavy atom. The first-order valence-corrected chi connectivity index (χ1v) is 6.34. The van der Waals surface area contributed by atoms with E-state index in [4.69, 9.17) is 5.26 Å². The van der Waals surface area contributed by atoms with Crippen molar-refractivity contribution >= 4 is 21.6 Å². The molecule has 0 aromatic heterocycles. The molecule has 19 heavy (non-hydrogen) atoms. The van der Waals surface area contributed by atoms with Crippen molar-refractivity contribution in [1.29, 1.82) is 5.26 Å². The molecule has 1 aromatic rings. The normalized spacial score (nSPS) is 15.2. The summed E-state index contributed by atoms with van der Waals surface area (Å²) in [5.41, 5.74) is -0.0605. The van der Waals surface area contributed by atoms with Gasteiger partial charge >= 0.3 is 6.18 Å². The molecule has 0 radical (unpaired) electrons. The lowest BCUT2D eigenvalue weighted by molar-refractivity contribution is -0.120. The Labute approximate surface area is 115 Å². The number of nitriles is 1. The lowest BCUT2D eigenvalue weighted by Gasteiger charge is -2.26. The fourth-order valence-corrected chi connectivity index (χ4v) is 2.26. The molecule has 1 aliphatic rings. The SMILES string of the molecule is N#Cc1ccc(N(CC(F)(F)F)C2CC2)c(F)c1Br. The van der Waals surface area contributed by atoms with E-state index in [9.17, 15) is 17.6 Å². The number of anilines is 1. The van der Waals surface area contributed by atoms with E-state index < -0.39 is 18.5 Å². The molecule has 0 amide bonds. The maximum absolute atomic E-state index is 14.1. The number of hydrogen-bond donors (Lipinski definition) is 0. The molecular weight excluding hydrogens is 328 g/mol. The molecule has 0 atom stereocenters. The van der Waals surface area contributed by atoms with Crippen molar-refractivity contribution in [2.24, 2.45) is 0 Å². The lowest BCUT2D eigenvalue weighted by atomic mass is 10.2. The predicted molar refractivity (Wildman–Crippen MR) is 65.2 cm³/mol. The summed E-state index contributed by atoms with van der Waals surface area (Å²) >= 11 is 2.90. The number of hydrogen-bond acceptors (Lipinski definition) is 2. The summed E-state index contributed by atoms with van der Waals surface area (Å²) in [4.78, 5) is 1.02. The summed E-state index contributed by atoms with van der Waals surface area (Å²) in [7, 11) is 0. The summed E-state index contributed by atoms with van der Waals surface area (Å²) in [5, 5.41) is 8.74. The van der Waals surface area contributed by atoms with Gasteiger partial charge in [0.05, 0.1) is 15.7 Å². The predicted octanol–water partition coefficient (Wildman–Crippen LogP) is 3.99. The van der Waals surface area contributed by atoms with Gasteiger partial charge in [0, 0.05) is 6.04 Å². The Morgan fingerprint density at radius 1 is 1.37 bits per heavy atom. The van der Waals surface area contributed by atoms with Gasteiger partial charge in [0.25, 0.3) is 0 Å². The standard InChI is InChI=1S/C12H9BrF4N2/c13-10-7(5-18)1-4-9(11(10)14)19(8-2-3-8)6-12(15,16)17/h1,4,8H,2-3,6H2. The van der Waals surface area contributed by atoms with E-state index in [1.54, 1.807) is 6.07 Å². The molecule has 0 spiro atoms. The van der Waals surface area contributed by atoms with Crippen LogP contribution in [0.4, 0.5) is 23.2 Å². The van der Waals surface area contributed by atoms with E-state index in [1.807, 2.05) is 0 Å². The Morgan fingerprint density at radius 2 is 2.00 bits per heavy atom. The quantitative estimate of drug-likeness (QED) is 0.780. The summed E-state index contributed by atoms with van der Waals surface area (Å²) in [6.07, 6.45) is -3.16. The van der Waals surface area contributed by atoms with Crippen molar-refractivity contribution in [3.8, 4) is 6.07 Å². The molecule has 0 heterocycles. The minimum atomic E-state index is -4.39. The summed E-state index contributed by atoms with van der Waals surface area (Å²) < 4.78 is 51.5. The first kappa shape index (κ1) is 14.1. The van der Waals surface area contributed by atoms with Gasteiger partial charge in [-0.25, -0.2) is 4.39 Å². The maximum Gasteiger partial charge on any atom is 0.405 e. The first-order chi connectivity index (χ1) is 8.83. The second-order valence-corrected chi connectivity index (χ2v) is 5.14. The fourth-order valence-electron chi connectivity index (χ4n) is 1.84. The number of benzene rings is 1. The van der Waals surface area contributed by atoms with E-state index in [1.165, 1.54) is 12.1 Å². The Kier molecular flexibility index (Phi) is 3.72. The number of alkyl halides is 3. The van der Waals surface area contributed by atoms with Gasteiger partial charge in [0.2, 0.25) is 0 Å². The zero-order valence-corrected chi connectivity index (χ0v) is 11.2. The van der Waals surface area contributed by atoms with Gasteiger partial charge in [0.1, 0.15) is 12.6 Å². The van der Waals surface area contributed by atoms with Gasteiger partial charge in [0.15, 0.2) is 5.82 Å². The molecule has 7 heteroatoms. The zero-order chi connectivity index (χ0) is 14.2. The van der Waals surface area contributed by atoms with Gasteiger partial charge in [-0.1, -0.05) is 0 Å². The first-order valence-electron chi connectivity index (χ1n) is 5.55. The highest BCUT2D eigenvalue weighted by molar-refractivity contribution is 9.10. The molecule has 0 saturated heterocycles. The highest BCUT2D eigenvalue weighted by Crippen LogP contribution is 2.38. The van der Waals surface area contributed by atoms with Crippen molar-refractivity contribution in [2.45, 2.75) is 25.1 Å². The van der Waals surface area contributed by atoms with Gasteiger partial charge in [-0.15, -0.1) is 0 Å². The van der Waals surface area contributed by atoms with Crippen molar-refractivity contribution in [3.05, 3.63) is 28.0 Å². The minimum absolute atomic E-state index is 0.0593. The summed E-state index contributed by atoms with van der Waals surface area (Å²) in [6.45, 7) is -1.19. The van der Waals surface area contributed by atoms with E-state index in [0.29, 0.717) is 12.8 Å². The molecule has 0 N–H and O–H groups in total. The van der Waals surface area contributed by atoms with Gasteiger partial charge in [-0.2, -0.15) is 18.4 Å². The topological polar surface area (TPSA) is 27.0 Å². The molecule has 0 unspecified atom stereocenters. The van der Waals surface area contributed by atoms with Crippen LogP contribution in [0.3, 0.4) is 0 Å². The van der Waals surface area contributed by atoms with Crippen LogP contribution in [0.1, 0.15) is 18.4 Å². The fraction of sp³-hybridized carbons (Fsp3) is 0.417. The third-order valence-corrected chi connectivity index (χ3v) is 3.60. The van der Waals surface area contributed by atoms with Crippen LogP contribution >= 0.6 is 15.9 Å². The monoisotopic (exact) mass is 336 g/mol. The van der Waals surface area contributed by atoms with Gasteiger partial charge < -0.3 is 4.90 Å². The number of halogens is 5. The molecule has 1 saturated carbocycles. The van der Waals surface area contributed by atoms with Gasteiger partial charge in [-0.3, -0.25) is 0 Å². The van der Waals surface area contributed by atoms with Gasteiger partial charge in [-0.05, 0) is 40.9 Å². The summed E-state index contributed by atoms with van der Waals surface area (Å²) in [6, 6.07) is 4.02. The highest BCUT2D eigenvalue weighted by Gasteiger charge is 2.39. The highest BCUT2D eigenvalue weighted by atomic mass is 79.9. The van der Waals surface area contributed by atoms with Crippen LogP contribution in [0.5, 0.6) is 0 Å². The second kappa shape index (κ2) is 5.00. The van der Waals surface area contributed by atoms with E-state index >= 15 is 0 Å². The average Bonchev–Trinajstić information content (AvgIpc) is 3.13. The van der Waals surface area contributed by atoms with Crippen LogP contribution in [0.2, 0.25) is 0 Å². The maximum atomic E-state index is 14.1.